The number of aryl methyl sites for hydroxylation is 1. The fourth-order valence-electron chi connectivity index (χ4n) is 2.54. The van der Waals surface area contributed by atoms with Gasteiger partial charge in [-0.15, -0.1) is 0 Å². The molecule has 0 saturated heterocycles. The van der Waals surface area contributed by atoms with Crippen molar-refractivity contribution >= 4 is 17.3 Å². The molecule has 0 saturated carbocycles. The van der Waals surface area contributed by atoms with E-state index in [-0.39, 0.29) is 5.91 Å². The molecule has 0 bridgehead atoms. The van der Waals surface area contributed by atoms with Gasteiger partial charge in [0.05, 0.1) is 23.8 Å². The molecule has 0 aliphatic carbocycles. The molecule has 7 heteroatoms. The number of hydrogen-bond acceptors (Lipinski definition) is 5. The summed E-state index contributed by atoms with van der Waals surface area (Å²) < 4.78 is 1.71. The fourth-order valence-corrected chi connectivity index (χ4v) is 2.54. The third-order valence-corrected chi connectivity index (χ3v) is 4.36. The average molecular weight is 350 g/mol. The first-order valence-electron chi connectivity index (χ1n) is 8.31. The number of carbonyl (C=O) groups is 1. The fraction of sp³-hybridized carbons (Fsp3) is 0.263. The number of hydrogen-bond donors (Lipinski definition) is 1. The minimum Gasteiger partial charge on any atom is -0.378 e. The van der Waals surface area contributed by atoms with Crippen molar-refractivity contribution in [1.29, 1.82) is 0 Å². The van der Waals surface area contributed by atoms with Crippen molar-refractivity contribution in [2.75, 3.05) is 24.3 Å². The van der Waals surface area contributed by atoms with Crippen molar-refractivity contribution < 1.29 is 4.79 Å². The van der Waals surface area contributed by atoms with Gasteiger partial charge in [0.15, 0.2) is 0 Å². The Morgan fingerprint density at radius 1 is 1.12 bits per heavy atom. The predicted octanol–water partition coefficient (Wildman–Crippen LogP) is 2.91. The summed E-state index contributed by atoms with van der Waals surface area (Å²) in [6.07, 6.45) is 3.17. The summed E-state index contributed by atoms with van der Waals surface area (Å²) in [5.41, 5.74) is 5.14. The number of aromatic nitrogens is 4. The molecule has 0 aliphatic rings. The minimum absolute atomic E-state index is 0.202. The van der Waals surface area contributed by atoms with Gasteiger partial charge >= 0.3 is 0 Å². The lowest BCUT2D eigenvalue weighted by Gasteiger charge is -2.13. The lowest BCUT2D eigenvalue weighted by molar-refractivity contribution is 0.102. The average Bonchev–Trinajstić information content (AvgIpc) is 2.90. The first-order valence-corrected chi connectivity index (χ1v) is 8.31. The molecule has 0 fully saturated rings. The van der Waals surface area contributed by atoms with Gasteiger partial charge in [-0.25, -0.2) is 14.6 Å². The number of nitrogens with one attached hydrogen (secondary N) is 1. The zero-order chi connectivity index (χ0) is 18.8. The quantitative estimate of drug-likeness (QED) is 0.783. The first kappa shape index (κ1) is 17.6. The molecular formula is C19H22N6O. The van der Waals surface area contributed by atoms with Crippen molar-refractivity contribution in [3.63, 3.8) is 0 Å². The van der Waals surface area contributed by atoms with Crippen LogP contribution >= 0.6 is 0 Å². The summed E-state index contributed by atoms with van der Waals surface area (Å²) in [5, 5.41) is 7.27. The van der Waals surface area contributed by atoms with Gasteiger partial charge in [0.1, 0.15) is 0 Å². The predicted molar refractivity (Wildman–Crippen MR) is 102 cm³/mol. The number of carbonyl (C=O) groups excluding carboxylic acids is 1. The van der Waals surface area contributed by atoms with Gasteiger partial charge < -0.3 is 10.2 Å². The SMILES string of the molecule is Cc1nn(-c2ncc(NC(=O)c3cccc(N(C)C)c3)cn2)c(C)c1C. The van der Waals surface area contributed by atoms with Crippen molar-refractivity contribution in [1.82, 2.24) is 19.7 Å². The van der Waals surface area contributed by atoms with E-state index in [4.69, 9.17) is 0 Å². The van der Waals surface area contributed by atoms with E-state index in [1.807, 2.05) is 58.0 Å². The Labute approximate surface area is 152 Å². The van der Waals surface area contributed by atoms with E-state index >= 15 is 0 Å². The van der Waals surface area contributed by atoms with Gasteiger partial charge in [-0.1, -0.05) is 6.07 Å². The van der Waals surface area contributed by atoms with Crippen LogP contribution in [0.2, 0.25) is 0 Å². The van der Waals surface area contributed by atoms with E-state index < -0.39 is 0 Å². The molecule has 0 aliphatic heterocycles. The van der Waals surface area contributed by atoms with Gasteiger partial charge in [-0.2, -0.15) is 5.10 Å². The second-order valence-electron chi connectivity index (χ2n) is 6.38. The minimum atomic E-state index is -0.202. The highest BCUT2D eigenvalue weighted by Gasteiger charge is 2.12. The Hall–Kier alpha value is -3.22. The third-order valence-electron chi connectivity index (χ3n) is 4.36. The highest BCUT2D eigenvalue weighted by Crippen LogP contribution is 2.17. The molecule has 7 nitrogen and oxygen atoms in total. The maximum Gasteiger partial charge on any atom is 0.255 e. The monoisotopic (exact) mass is 350 g/mol. The van der Waals surface area contributed by atoms with Crippen LogP contribution < -0.4 is 10.2 Å². The van der Waals surface area contributed by atoms with Crippen LogP contribution in [0.25, 0.3) is 5.95 Å². The number of rotatable bonds is 4. The summed E-state index contributed by atoms with van der Waals surface area (Å²) in [7, 11) is 3.87. The molecular weight excluding hydrogens is 328 g/mol. The molecule has 1 aromatic carbocycles. The normalized spacial score (nSPS) is 10.7. The van der Waals surface area contributed by atoms with Crippen LogP contribution in [0.3, 0.4) is 0 Å². The smallest absolute Gasteiger partial charge is 0.255 e. The largest absolute Gasteiger partial charge is 0.378 e. The zero-order valence-corrected chi connectivity index (χ0v) is 15.6. The second-order valence-corrected chi connectivity index (χ2v) is 6.38. The first-order chi connectivity index (χ1) is 12.4. The summed E-state index contributed by atoms with van der Waals surface area (Å²) >= 11 is 0. The van der Waals surface area contributed by atoms with Gasteiger partial charge in [0.25, 0.3) is 11.9 Å². The van der Waals surface area contributed by atoms with Crippen molar-refractivity contribution in [2.24, 2.45) is 0 Å². The van der Waals surface area contributed by atoms with Crippen LogP contribution in [0.4, 0.5) is 11.4 Å². The van der Waals surface area contributed by atoms with E-state index in [2.05, 4.69) is 20.4 Å². The number of nitrogens with zero attached hydrogens (tertiary/aromatic N) is 5. The van der Waals surface area contributed by atoms with E-state index in [9.17, 15) is 4.79 Å². The summed E-state index contributed by atoms with van der Waals surface area (Å²) in [5.74, 6) is 0.276. The maximum atomic E-state index is 12.4. The maximum absolute atomic E-state index is 12.4. The number of benzene rings is 1. The van der Waals surface area contributed by atoms with Gasteiger partial charge in [-0.3, -0.25) is 4.79 Å². The summed E-state index contributed by atoms with van der Waals surface area (Å²) in [4.78, 5) is 23.0. The summed E-state index contributed by atoms with van der Waals surface area (Å²) in [6, 6.07) is 7.42. The molecule has 0 radical (unpaired) electrons. The lowest BCUT2D eigenvalue weighted by Crippen LogP contribution is -2.15. The van der Waals surface area contributed by atoms with Gasteiger partial charge in [-0.05, 0) is 44.5 Å². The van der Waals surface area contributed by atoms with E-state index in [1.165, 1.54) is 0 Å². The second kappa shape index (κ2) is 6.95. The Morgan fingerprint density at radius 3 is 2.38 bits per heavy atom. The molecule has 0 unspecified atom stereocenters. The highest BCUT2D eigenvalue weighted by molar-refractivity contribution is 6.04. The third kappa shape index (κ3) is 3.42. The Morgan fingerprint density at radius 2 is 1.81 bits per heavy atom. The van der Waals surface area contributed by atoms with Gasteiger partial charge in [0.2, 0.25) is 0 Å². The van der Waals surface area contributed by atoms with Crippen LogP contribution in [0.5, 0.6) is 0 Å². The van der Waals surface area contributed by atoms with E-state index in [1.54, 1.807) is 23.1 Å². The Kier molecular flexibility index (Phi) is 4.71. The molecule has 2 heterocycles. The van der Waals surface area contributed by atoms with E-state index in [0.29, 0.717) is 17.2 Å². The van der Waals surface area contributed by atoms with Crippen LogP contribution in [0.15, 0.2) is 36.7 Å². The van der Waals surface area contributed by atoms with Gasteiger partial charge in [0, 0.05) is 31.0 Å². The molecule has 134 valence electrons. The molecule has 3 rings (SSSR count). The summed E-state index contributed by atoms with van der Waals surface area (Å²) in [6.45, 7) is 5.95. The van der Waals surface area contributed by atoms with E-state index in [0.717, 1.165) is 22.6 Å². The molecule has 2 aromatic heterocycles. The lowest BCUT2D eigenvalue weighted by atomic mass is 10.2. The highest BCUT2D eigenvalue weighted by atomic mass is 16.1. The molecule has 0 spiro atoms. The molecule has 3 aromatic rings. The van der Waals surface area contributed by atoms with Crippen LogP contribution in [0, 0.1) is 20.8 Å². The zero-order valence-electron chi connectivity index (χ0n) is 15.6. The molecule has 1 amide bonds. The van der Waals surface area contributed by atoms with Crippen molar-refractivity contribution in [3.8, 4) is 5.95 Å². The molecule has 26 heavy (non-hydrogen) atoms. The molecule has 1 N–H and O–H groups in total. The van der Waals surface area contributed by atoms with Crippen molar-refractivity contribution in [3.05, 3.63) is 59.2 Å². The topological polar surface area (TPSA) is 75.9 Å². The van der Waals surface area contributed by atoms with Crippen LogP contribution in [-0.2, 0) is 0 Å². The molecule has 0 atom stereocenters. The van der Waals surface area contributed by atoms with Crippen LogP contribution in [0.1, 0.15) is 27.3 Å². The van der Waals surface area contributed by atoms with Crippen molar-refractivity contribution in [2.45, 2.75) is 20.8 Å². The Bertz CT molecular complexity index is 943. The standard InChI is InChI=1S/C19H22N6O/c1-12-13(2)23-25(14(12)3)19-20-10-16(11-21-19)22-18(26)15-7-6-8-17(9-15)24(4)5/h6-11H,1-5H3,(H,22,26). The number of amides is 1. The Balaban J connectivity index is 1.78. The number of anilines is 2. The van der Waals surface area contributed by atoms with Crippen LogP contribution in [-0.4, -0.2) is 39.8 Å².